The normalized spacial score (nSPS) is 15.5. The van der Waals surface area contributed by atoms with Crippen molar-refractivity contribution in [1.29, 1.82) is 0 Å². The van der Waals surface area contributed by atoms with Crippen LogP contribution in [-0.2, 0) is 21.4 Å². The summed E-state index contributed by atoms with van der Waals surface area (Å²) in [5, 5.41) is 0.669. The Labute approximate surface area is 217 Å². The molecule has 0 aliphatic carbocycles. The third-order valence-electron chi connectivity index (χ3n) is 6.16. The van der Waals surface area contributed by atoms with Gasteiger partial charge in [-0.15, -0.1) is 11.3 Å². The fourth-order valence-electron chi connectivity index (χ4n) is 4.27. The van der Waals surface area contributed by atoms with Crippen molar-refractivity contribution in [2.24, 2.45) is 5.92 Å². The number of aromatic nitrogens is 1. The molecule has 1 fully saturated rings. The van der Waals surface area contributed by atoms with Crippen molar-refractivity contribution in [2.45, 2.75) is 30.5 Å². The highest BCUT2D eigenvalue weighted by Crippen LogP contribution is 2.34. The van der Waals surface area contributed by atoms with Gasteiger partial charge in [-0.2, -0.15) is 4.31 Å². The number of hydrogen-bond acceptors (Lipinski definition) is 6. The highest BCUT2D eigenvalue weighted by atomic mass is 35.5. The molecule has 1 amide bonds. The Morgan fingerprint density at radius 1 is 1.09 bits per heavy atom. The van der Waals surface area contributed by atoms with E-state index in [9.17, 15) is 13.2 Å². The number of piperidine rings is 1. The Bertz CT molecular complexity index is 1460. The molecule has 0 bridgehead atoms. The summed E-state index contributed by atoms with van der Waals surface area (Å²) in [6.07, 6.45) is 0.929. The third-order valence-corrected chi connectivity index (χ3v) is 10.8. The second-order valence-corrected chi connectivity index (χ2v) is 13.5. The van der Waals surface area contributed by atoms with Crippen LogP contribution < -0.4 is 4.90 Å². The van der Waals surface area contributed by atoms with Crippen molar-refractivity contribution < 1.29 is 13.2 Å². The number of halogens is 1. The number of benzene rings is 2. The van der Waals surface area contributed by atoms with Crippen molar-refractivity contribution in [1.82, 2.24) is 9.29 Å². The number of anilines is 1. The Morgan fingerprint density at radius 2 is 1.83 bits per heavy atom. The van der Waals surface area contributed by atoms with E-state index < -0.39 is 10.0 Å². The number of hydrogen-bond donors (Lipinski definition) is 0. The fourth-order valence-corrected chi connectivity index (χ4v) is 8.44. The van der Waals surface area contributed by atoms with E-state index in [0.717, 1.165) is 32.7 Å². The number of amides is 1. The van der Waals surface area contributed by atoms with E-state index in [2.05, 4.69) is 6.07 Å². The lowest BCUT2D eigenvalue weighted by molar-refractivity contribution is -0.123. The van der Waals surface area contributed by atoms with Gasteiger partial charge in [0.05, 0.1) is 21.1 Å². The number of nitrogens with zero attached hydrogens (tertiary/aromatic N) is 3. The van der Waals surface area contributed by atoms with Gasteiger partial charge < -0.3 is 0 Å². The van der Waals surface area contributed by atoms with Crippen molar-refractivity contribution in [3.05, 3.63) is 76.1 Å². The van der Waals surface area contributed by atoms with Gasteiger partial charge in [0.1, 0.15) is 4.21 Å². The molecule has 0 unspecified atom stereocenters. The maximum Gasteiger partial charge on any atom is 0.252 e. The maximum atomic E-state index is 13.8. The summed E-state index contributed by atoms with van der Waals surface area (Å²) < 4.78 is 29.1. The number of aryl methyl sites for hydroxylation is 1. The molecular formula is C25H24ClN3O3S3. The average molecular weight is 546 g/mol. The van der Waals surface area contributed by atoms with Crippen molar-refractivity contribution >= 4 is 65.6 Å². The molecule has 5 rings (SSSR count). The lowest BCUT2D eigenvalue weighted by atomic mass is 9.96. The van der Waals surface area contributed by atoms with Gasteiger partial charge in [-0.1, -0.05) is 59.3 Å². The van der Waals surface area contributed by atoms with Crippen LogP contribution in [0.2, 0.25) is 4.34 Å². The predicted molar refractivity (Wildman–Crippen MR) is 143 cm³/mol. The van der Waals surface area contributed by atoms with Crippen LogP contribution in [0.15, 0.2) is 64.9 Å². The largest absolute Gasteiger partial charge is 0.283 e. The van der Waals surface area contributed by atoms with E-state index in [1.165, 1.54) is 21.7 Å². The number of thiazole rings is 1. The van der Waals surface area contributed by atoms with Gasteiger partial charge in [0.2, 0.25) is 5.91 Å². The summed E-state index contributed by atoms with van der Waals surface area (Å²) in [5.74, 6) is -0.285. The molecule has 0 spiro atoms. The van der Waals surface area contributed by atoms with E-state index in [1.807, 2.05) is 49.4 Å². The van der Waals surface area contributed by atoms with Gasteiger partial charge in [0, 0.05) is 19.0 Å². The zero-order valence-electron chi connectivity index (χ0n) is 19.1. The number of rotatable bonds is 6. The van der Waals surface area contributed by atoms with Crippen molar-refractivity contribution in [3.8, 4) is 0 Å². The average Bonchev–Trinajstić information content (AvgIpc) is 3.49. The molecule has 1 aliphatic heterocycles. The summed E-state index contributed by atoms with van der Waals surface area (Å²) in [6, 6.07) is 19.1. The summed E-state index contributed by atoms with van der Waals surface area (Å²) in [5.41, 5.74) is 3.04. The van der Waals surface area contributed by atoms with E-state index in [4.69, 9.17) is 16.6 Å². The van der Waals surface area contributed by atoms with Crippen molar-refractivity contribution in [2.75, 3.05) is 18.0 Å². The van der Waals surface area contributed by atoms with Crippen molar-refractivity contribution in [3.63, 3.8) is 0 Å². The molecule has 2 aromatic heterocycles. The van der Waals surface area contributed by atoms with Crippen LogP contribution in [0, 0.1) is 12.8 Å². The molecule has 2 aromatic carbocycles. The minimum atomic E-state index is -3.60. The second kappa shape index (κ2) is 9.99. The summed E-state index contributed by atoms with van der Waals surface area (Å²) in [7, 11) is -3.60. The lowest BCUT2D eigenvalue weighted by Gasteiger charge is -2.32. The third kappa shape index (κ3) is 5.15. The Hall–Kier alpha value is -2.30. The molecule has 0 atom stereocenters. The van der Waals surface area contributed by atoms with E-state index in [0.29, 0.717) is 41.9 Å². The smallest absolute Gasteiger partial charge is 0.252 e. The van der Waals surface area contributed by atoms with Crippen LogP contribution in [0.5, 0.6) is 0 Å². The first kappa shape index (κ1) is 24.4. The molecule has 3 heterocycles. The van der Waals surface area contributed by atoms with E-state index in [1.54, 1.807) is 11.0 Å². The monoisotopic (exact) mass is 545 g/mol. The van der Waals surface area contributed by atoms with Gasteiger partial charge in [0.15, 0.2) is 5.13 Å². The first-order valence-corrected chi connectivity index (χ1v) is 14.7. The number of fused-ring (bicyclic) bond motifs is 1. The minimum Gasteiger partial charge on any atom is -0.283 e. The molecule has 1 aliphatic rings. The van der Waals surface area contributed by atoms with Crippen LogP contribution in [0.1, 0.15) is 24.0 Å². The zero-order chi connectivity index (χ0) is 24.6. The molecule has 0 radical (unpaired) electrons. The highest BCUT2D eigenvalue weighted by molar-refractivity contribution is 7.91. The SMILES string of the molecule is Cc1ccc2nc(N(Cc3ccccc3)C(=O)C3CCN(S(=O)(=O)c4ccc(Cl)s4)CC3)sc2c1. The molecule has 1 saturated heterocycles. The van der Waals surface area contributed by atoms with E-state index >= 15 is 0 Å². The number of carbonyl (C=O) groups excluding carboxylic acids is 1. The summed E-state index contributed by atoms with van der Waals surface area (Å²) in [4.78, 5) is 20.3. The summed E-state index contributed by atoms with van der Waals surface area (Å²) in [6.45, 7) is 3.06. The standard InChI is InChI=1S/C25H24ClN3O3S3/c1-17-7-8-20-21(15-17)33-25(27-20)29(16-18-5-3-2-4-6-18)24(30)19-11-13-28(14-12-19)35(31,32)23-10-9-22(26)34-23/h2-10,15,19H,11-14,16H2,1H3. The molecule has 0 saturated carbocycles. The number of thiophene rings is 1. The molecule has 10 heteroatoms. The van der Waals surface area contributed by atoms with Gasteiger partial charge >= 0.3 is 0 Å². The first-order chi connectivity index (χ1) is 16.8. The van der Waals surface area contributed by atoms with Crippen LogP contribution in [0.3, 0.4) is 0 Å². The Balaban J connectivity index is 1.37. The van der Waals surface area contributed by atoms with Gasteiger partial charge in [-0.3, -0.25) is 9.69 Å². The van der Waals surface area contributed by atoms with Gasteiger partial charge in [0.25, 0.3) is 10.0 Å². The topological polar surface area (TPSA) is 70.6 Å². The predicted octanol–water partition coefficient (Wildman–Crippen LogP) is 5.95. The van der Waals surface area contributed by atoms with Crippen LogP contribution in [0.4, 0.5) is 5.13 Å². The van der Waals surface area contributed by atoms with Crippen LogP contribution in [-0.4, -0.2) is 36.7 Å². The second-order valence-electron chi connectivity index (χ2n) is 8.61. The molecule has 182 valence electrons. The van der Waals surface area contributed by atoms with E-state index in [-0.39, 0.29) is 16.0 Å². The molecule has 35 heavy (non-hydrogen) atoms. The Morgan fingerprint density at radius 3 is 2.51 bits per heavy atom. The van der Waals surface area contributed by atoms with Gasteiger partial charge in [-0.05, 0) is 55.2 Å². The summed E-state index contributed by atoms with van der Waals surface area (Å²) >= 11 is 8.52. The van der Waals surface area contributed by atoms with Crippen LogP contribution in [0.25, 0.3) is 10.2 Å². The fraction of sp³-hybridized carbons (Fsp3) is 0.280. The first-order valence-electron chi connectivity index (χ1n) is 11.3. The zero-order valence-corrected chi connectivity index (χ0v) is 22.3. The van der Waals surface area contributed by atoms with Gasteiger partial charge in [-0.25, -0.2) is 13.4 Å². The highest BCUT2D eigenvalue weighted by Gasteiger charge is 2.35. The molecule has 6 nitrogen and oxygen atoms in total. The number of sulfonamides is 1. The number of carbonyl (C=O) groups is 1. The quantitative estimate of drug-likeness (QED) is 0.300. The Kier molecular flexibility index (Phi) is 6.96. The maximum absolute atomic E-state index is 13.8. The minimum absolute atomic E-state index is 0.0131. The molecular weight excluding hydrogens is 522 g/mol. The molecule has 4 aromatic rings. The van der Waals surface area contributed by atoms with Crippen LogP contribution >= 0.6 is 34.3 Å². The lowest BCUT2D eigenvalue weighted by Crippen LogP contribution is -2.44. The molecule has 0 N–H and O–H groups in total.